The molecule has 42 valence electrons. The van der Waals surface area contributed by atoms with Crippen molar-refractivity contribution < 1.29 is 14.0 Å². The molecule has 1 aliphatic rings. The predicted molar refractivity (Wildman–Crippen MR) is 26.1 cm³/mol. The summed E-state index contributed by atoms with van der Waals surface area (Å²) in [6.45, 7) is -0.875. The average molecular weight is 105 g/mol. The summed E-state index contributed by atoms with van der Waals surface area (Å²) in [5.41, 5.74) is 0. The molecule has 2 nitrogen and oxygen atoms in total. The van der Waals surface area contributed by atoms with Crippen molar-refractivity contribution in [3.63, 3.8) is 0 Å². The zero-order chi connectivity index (χ0) is 7.78. The first kappa shape index (κ1) is 2.46. The topological polar surface area (TPSA) is 29.5 Å². The molecule has 3 atom stereocenters. The molecule has 1 fully saturated rings. The Labute approximate surface area is 47.3 Å². The van der Waals surface area contributed by atoms with Gasteiger partial charge in [-0.2, -0.15) is 0 Å². The molecule has 0 aromatic carbocycles. The highest BCUT2D eigenvalue weighted by Gasteiger charge is 2.07. The number of rotatable bonds is 0. The summed E-state index contributed by atoms with van der Waals surface area (Å²) in [5, 5.41) is 9.09. The molecule has 1 N–H and O–H groups in total. The van der Waals surface area contributed by atoms with Crippen LogP contribution in [0.3, 0.4) is 0 Å². The van der Waals surface area contributed by atoms with Crippen molar-refractivity contribution >= 4 is 0 Å². The Morgan fingerprint density at radius 2 is 2.86 bits per heavy atom. The summed E-state index contributed by atoms with van der Waals surface area (Å²) in [7, 11) is 0. The van der Waals surface area contributed by atoms with Crippen molar-refractivity contribution in [3.8, 4) is 0 Å². The smallest absolute Gasteiger partial charge is 0.0602 e. The van der Waals surface area contributed by atoms with Gasteiger partial charge in [-0.25, -0.2) is 0 Å². The molecule has 0 aromatic rings. The number of hydrogen-bond acceptors (Lipinski definition) is 2. The molecule has 0 saturated carbocycles. The molecule has 0 aromatic heterocycles. The minimum atomic E-state index is -1.79. The van der Waals surface area contributed by atoms with Crippen LogP contribution in [0.15, 0.2) is 0 Å². The lowest BCUT2D eigenvalue weighted by Crippen LogP contribution is -2.19. The third kappa shape index (κ3) is 1.45. The number of ether oxygens (including phenoxy) is 1. The van der Waals surface area contributed by atoms with Gasteiger partial charge in [-0.05, 0) is 12.8 Å². The van der Waals surface area contributed by atoms with Crippen LogP contribution < -0.4 is 0 Å². The van der Waals surface area contributed by atoms with Gasteiger partial charge in [0, 0.05) is 14.6 Å². The van der Waals surface area contributed by atoms with Gasteiger partial charge < -0.3 is 9.84 Å². The van der Waals surface area contributed by atoms with Gasteiger partial charge in [-0.15, -0.1) is 0 Å². The van der Waals surface area contributed by atoms with E-state index < -0.39 is 19.1 Å². The standard InChI is InChI=1S/C5H10O2/c6-5-1-3-7-4-2-5/h5-6H,1-4H2/i1D,3D,5D. The Kier molecular flexibility index (Phi) is 0.804. The van der Waals surface area contributed by atoms with Gasteiger partial charge in [0.2, 0.25) is 0 Å². The van der Waals surface area contributed by atoms with E-state index in [0.29, 0.717) is 0 Å². The third-order valence-electron chi connectivity index (χ3n) is 0.833. The molecule has 2 heteroatoms. The molecule has 0 radical (unpaired) electrons. The lowest BCUT2D eigenvalue weighted by atomic mass is 10.2. The van der Waals surface area contributed by atoms with Gasteiger partial charge in [-0.1, -0.05) is 0 Å². The van der Waals surface area contributed by atoms with E-state index in [4.69, 9.17) is 14.0 Å². The van der Waals surface area contributed by atoms with Crippen molar-refractivity contribution in [1.82, 2.24) is 0 Å². The lowest BCUT2D eigenvalue weighted by molar-refractivity contribution is 0.0140. The van der Waals surface area contributed by atoms with E-state index in [0.717, 1.165) is 0 Å². The first-order chi connectivity index (χ1) is 4.54. The van der Waals surface area contributed by atoms with E-state index in [9.17, 15) is 0 Å². The largest absolute Gasteiger partial charge is 0.393 e. The maximum Gasteiger partial charge on any atom is 0.0602 e. The van der Waals surface area contributed by atoms with Gasteiger partial charge in [0.05, 0.1) is 8.82 Å². The summed E-state index contributed by atoms with van der Waals surface area (Å²) in [4.78, 5) is 0. The summed E-state index contributed by atoms with van der Waals surface area (Å²) in [5.74, 6) is 0. The molecule has 1 aliphatic heterocycles. The molecular formula is C5H10O2. The zero-order valence-electron chi connectivity index (χ0n) is 6.92. The Balaban J connectivity index is 2.60. The average Bonchev–Trinajstić information content (AvgIpc) is 1.83. The van der Waals surface area contributed by atoms with Gasteiger partial charge >= 0.3 is 0 Å². The molecule has 0 spiro atoms. The normalized spacial score (nSPS) is 70.7. The Morgan fingerprint density at radius 1 is 2.00 bits per heavy atom. The van der Waals surface area contributed by atoms with Crippen molar-refractivity contribution in [2.75, 3.05) is 13.2 Å². The Morgan fingerprint density at radius 3 is 3.43 bits per heavy atom. The highest BCUT2D eigenvalue weighted by atomic mass is 16.5. The molecule has 3 unspecified atom stereocenters. The lowest BCUT2D eigenvalue weighted by Gasteiger charge is -2.15. The number of aliphatic hydroxyl groups is 1. The first-order valence-electron chi connectivity index (χ1n) is 3.88. The number of hydrogen-bond donors (Lipinski definition) is 1. The van der Waals surface area contributed by atoms with Crippen molar-refractivity contribution in [1.29, 1.82) is 0 Å². The maximum absolute atomic E-state index is 9.09. The second kappa shape index (κ2) is 2.28. The van der Waals surface area contributed by atoms with Gasteiger partial charge in [-0.3, -0.25) is 0 Å². The van der Waals surface area contributed by atoms with Crippen LogP contribution in [-0.4, -0.2) is 24.4 Å². The fourth-order valence-electron chi connectivity index (χ4n) is 0.442. The van der Waals surface area contributed by atoms with E-state index in [-0.39, 0.29) is 13.0 Å². The molecule has 0 amide bonds. The molecular weight excluding hydrogens is 92.1 g/mol. The zero-order valence-corrected chi connectivity index (χ0v) is 3.92. The van der Waals surface area contributed by atoms with Crippen LogP contribution in [0.2, 0.25) is 0 Å². The van der Waals surface area contributed by atoms with Crippen LogP contribution in [-0.2, 0) is 4.74 Å². The monoisotopic (exact) mass is 105 g/mol. The van der Waals surface area contributed by atoms with Crippen molar-refractivity contribution in [2.45, 2.75) is 18.9 Å². The second-order valence-corrected chi connectivity index (χ2v) is 1.41. The quantitative estimate of drug-likeness (QED) is 0.475. The fraction of sp³-hybridized carbons (Fsp3) is 1.00. The van der Waals surface area contributed by atoms with Crippen LogP contribution >= 0.6 is 0 Å². The van der Waals surface area contributed by atoms with Crippen molar-refractivity contribution in [2.24, 2.45) is 0 Å². The van der Waals surface area contributed by atoms with Crippen LogP contribution in [0, 0.1) is 0 Å². The fourth-order valence-corrected chi connectivity index (χ4v) is 0.442. The highest BCUT2D eigenvalue weighted by molar-refractivity contribution is 4.58. The van der Waals surface area contributed by atoms with E-state index >= 15 is 0 Å². The SMILES string of the molecule is [2H]C1OCCC([2H])(O)C1[2H]. The molecule has 1 heterocycles. The molecule has 1 rings (SSSR count). The minimum absolute atomic E-state index is 0.122. The highest BCUT2D eigenvalue weighted by Crippen LogP contribution is 2.03. The first-order valence-corrected chi connectivity index (χ1v) is 2.22. The summed E-state index contributed by atoms with van der Waals surface area (Å²) < 4.78 is 26.0. The second-order valence-electron chi connectivity index (χ2n) is 1.41. The van der Waals surface area contributed by atoms with Gasteiger partial charge in [0.15, 0.2) is 0 Å². The van der Waals surface area contributed by atoms with E-state index in [1.165, 1.54) is 0 Å². The summed E-state index contributed by atoms with van der Waals surface area (Å²) in [6.07, 6.45) is -2.83. The van der Waals surface area contributed by atoms with E-state index in [1.54, 1.807) is 0 Å². The predicted octanol–water partition coefficient (Wildman–Crippen LogP) is 0.158. The van der Waals surface area contributed by atoms with Crippen LogP contribution in [0.1, 0.15) is 16.9 Å². The maximum atomic E-state index is 9.09. The Hall–Kier alpha value is -0.0800. The van der Waals surface area contributed by atoms with E-state index in [1.807, 2.05) is 0 Å². The van der Waals surface area contributed by atoms with E-state index in [2.05, 4.69) is 0 Å². The van der Waals surface area contributed by atoms with Gasteiger partial charge in [0.1, 0.15) is 0 Å². The Bertz CT molecular complexity index is 128. The summed E-state index contributed by atoms with van der Waals surface area (Å²) in [6, 6.07) is 0. The van der Waals surface area contributed by atoms with Crippen LogP contribution in [0.4, 0.5) is 0 Å². The summed E-state index contributed by atoms with van der Waals surface area (Å²) >= 11 is 0. The third-order valence-corrected chi connectivity index (χ3v) is 0.833. The van der Waals surface area contributed by atoms with Crippen molar-refractivity contribution in [3.05, 3.63) is 0 Å². The molecule has 7 heavy (non-hydrogen) atoms. The molecule has 0 bridgehead atoms. The molecule has 0 aliphatic carbocycles. The van der Waals surface area contributed by atoms with Gasteiger partial charge in [0.25, 0.3) is 0 Å². The van der Waals surface area contributed by atoms with Crippen LogP contribution in [0.5, 0.6) is 0 Å². The molecule has 1 saturated heterocycles. The van der Waals surface area contributed by atoms with Crippen LogP contribution in [0.25, 0.3) is 0 Å². The minimum Gasteiger partial charge on any atom is -0.393 e.